The minimum Gasteiger partial charge on any atom is -0.481 e. The van der Waals surface area contributed by atoms with Crippen LogP contribution in [0.1, 0.15) is 49.6 Å². The van der Waals surface area contributed by atoms with E-state index in [4.69, 9.17) is 4.52 Å². The van der Waals surface area contributed by atoms with Crippen LogP contribution in [-0.2, 0) is 21.1 Å². The van der Waals surface area contributed by atoms with Crippen LogP contribution in [0, 0.1) is 5.41 Å². The lowest BCUT2D eigenvalue weighted by Crippen LogP contribution is -2.30. The first-order chi connectivity index (χ1) is 9.24. The maximum Gasteiger partial charge on any atom is 0.310 e. The van der Waals surface area contributed by atoms with Crippen LogP contribution < -0.4 is 0 Å². The molecule has 1 atom stereocenters. The van der Waals surface area contributed by atoms with Crippen molar-refractivity contribution in [1.82, 2.24) is 10.1 Å². The number of carboxylic acids is 1. The topological polar surface area (TPSA) is 110 Å². The van der Waals surface area contributed by atoms with Crippen LogP contribution in [0.15, 0.2) is 4.52 Å². The van der Waals surface area contributed by atoms with Gasteiger partial charge < -0.3 is 9.63 Å². The van der Waals surface area contributed by atoms with Crippen molar-refractivity contribution in [2.45, 2.75) is 44.3 Å². The number of aromatic nitrogens is 2. The first-order valence-corrected chi connectivity index (χ1v) is 8.45. The molecule has 1 aromatic heterocycles. The van der Waals surface area contributed by atoms with Gasteiger partial charge in [0.25, 0.3) is 0 Å². The van der Waals surface area contributed by atoms with Crippen LogP contribution in [0.5, 0.6) is 0 Å². The zero-order chi connectivity index (χ0) is 15.0. The molecule has 0 saturated heterocycles. The number of sulfone groups is 1. The SMILES string of the molecule is CC(c1noc(CC2(C(=O)O)CCCC2)n1)S(C)(=O)=O. The maximum atomic E-state index is 11.4. The molecule has 1 saturated carbocycles. The summed E-state index contributed by atoms with van der Waals surface area (Å²) in [5.74, 6) is -0.577. The normalized spacial score (nSPS) is 19.9. The molecule has 0 bridgehead atoms. The van der Waals surface area contributed by atoms with Crippen molar-refractivity contribution in [3.63, 3.8) is 0 Å². The number of hydrogen-bond acceptors (Lipinski definition) is 6. The third-order valence-electron chi connectivity index (χ3n) is 3.99. The van der Waals surface area contributed by atoms with Crippen molar-refractivity contribution in [3.05, 3.63) is 11.7 Å². The molecule has 0 aromatic carbocycles. The molecule has 2 rings (SSSR count). The summed E-state index contributed by atoms with van der Waals surface area (Å²) in [6.07, 6.45) is 4.17. The molecule has 0 spiro atoms. The Balaban J connectivity index is 2.19. The Morgan fingerprint density at radius 3 is 2.55 bits per heavy atom. The van der Waals surface area contributed by atoms with Gasteiger partial charge in [-0.3, -0.25) is 4.79 Å². The molecule has 0 amide bonds. The second-order valence-electron chi connectivity index (χ2n) is 5.49. The minimum atomic E-state index is -3.30. The monoisotopic (exact) mass is 302 g/mol. The number of rotatable bonds is 5. The number of hydrogen-bond donors (Lipinski definition) is 1. The summed E-state index contributed by atoms with van der Waals surface area (Å²) in [4.78, 5) is 15.5. The third-order valence-corrected chi connectivity index (χ3v) is 5.49. The minimum absolute atomic E-state index is 0.0843. The number of aliphatic carboxylic acids is 1. The van der Waals surface area contributed by atoms with Crippen LogP contribution >= 0.6 is 0 Å². The molecule has 8 heteroatoms. The molecule has 1 heterocycles. The summed E-state index contributed by atoms with van der Waals surface area (Å²) in [5, 5.41) is 12.2. The van der Waals surface area contributed by atoms with Crippen molar-refractivity contribution in [2.75, 3.05) is 6.26 Å². The highest BCUT2D eigenvalue weighted by Gasteiger charge is 2.43. The Morgan fingerprint density at radius 2 is 2.05 bits per heavy atom. The van der Waals surface area contributed by atoms with Gasteiger partial charge in [0.2, 0.25) is 5.89 Å². The molecule has 1 fully saturated rings. The molecule has 1 aliphatic carbocycles. The summed E-state index contributed by atoms with van der Waals surface area (Å²) in [5.41, 5.74) is -0.849. The van der Waals surface area contributed by atoms with Crippen molar-refractivity contribution >= 4 is 15.8 Å². The highest BCUT2D eigenvalue weighted by molar-refractivity contribution is 7.90. The standard InChI is InChI=1S/C12H18N2O5S/c1-8(20(2,17)18)10-13-9(19-14-10)7-12(11(15)16)5-3-4-6-12/h8H,3-7H2,1-2H3,(H,15,16). The van der Waals surface area contributed by atoms with E-state index < -0.39 is 26.5 Å². The molecule has 7 nitrogen and oxygen atoms in total. The van der Waals surface area contributed by atoms with E-state index >= 15 is 0 Å². The Hall–Kier alpha value is -1.44. The second-order valence-corrected chi connectivity index (χ2v) is 7.85. The van der Waals surface area contributed by atoms with Gasteiger partial charge in [-0.2, -0.15) is 4.98 Å². The summed E-state index contributed by atoms with van der Waals surface area (Å²) in [6.45, 7) is 1.48. The van der Waals surface area contributed by atoms with Gasteiger partial charge in [0.05, 0.1) is 5.41 Å². The molecule has 1 N–H and O–H groups in total. The highest BCUT2D eigenvalue weighted by atomic mass is 32.2. The van der Waals surface area contributed by atoms with Crippen LogP contribution in [0.2, 0.25) is 0 Å². The molecule has 1 unspecified atom stereocenters. The van der Waals surface area contributed by atoms with Crippen LogP contribution in [-0.4, -0.2) is 35.9 Å². The lowest BCUT2D eigenvalue weighted by molar-refractivity contribution is -0.148. The van der Waals surface area contributed by atoms with Gasteiger partial charge in [-0.15, -0.1) is 0 Å². The van der Waals surface area contributed by atoms with Gasteiger partial charge in [0.1, 0.15) is 5.25 Å². The van der Waals surface area contributed by atoms with E-state index in [0.29, 0.717) is 12.8 Å². The van der Waals surface area contributed by atoms with Crippen molar-refractivity contribution in [1.29, 1.82) is 0 Å². The molecule has 1 aromatic rings. The predicted molar refractivity (Wildman–Crippen MR) is 69.8 cm³/mol. The Kier molecular flexibility index (Phi) is 3.86. The highest BCUT2D eigenvalue weighted by Crippen LogP contribution is 2.41. The number of carbonyl (C=O) groups is 1. The Labute approximate surface area is 117 Å². The molecule has 112 valence electrons. The fourth-order valence-electron chi connectivity index (χ4n) is 2.50. The molecule has 1 aliphatic rings. The van der Waals surface area contributed by atoms with E-state index in [1.54, 1.807) is 0 Å². The lowest BCUT2D eigenvalue weighted by atomic mass is 9.83. The fraction of sp³-hybridized carbons (Fsp3) is 0.750. The van der Waals surface area contributed by atoms with E-state index in [1.165, 1.54) is 6.92 Å². The lowest BCUT2D eigenvalue weighted by Gasteiger charge is -2.21. The van der Waals surface area contributed by atoms with Crippen LogP contribution in [0.4, 0.5) is 0 Å². The van der Waals surface area contributed by atoms with Gasteiger partial charge in [-0.25, -0.2) is 8.42 Å². The summed E-state index contributed by atoms with van der Waals surface area (Å²) in [7, 11) is -3.30. The van der Waals surface area contributed by atoms with Gasteiger partial charge in [0, 0.05) is 12.7 Å². The zero-order valence-electron chi connectivity index (χ0n) is 11.5. The van der Waals surface area contributed by atoms with Crippen molar-refractivity contribution in [3.8, 4) is 0 Å². The molecular formula is C12H18N2O5S. The van der Waals surface area contributed by atoms with E-state index in [0.717, 1.165) is 19.1 Å². The van der Waals surface area contributed by atoms with E-state index in [1.807, 2.05) is 0 Å². The number of nitrogens with zero attached hydrogens (tertiary/aromatic N) is 2. The van der Waals surface area contributed by atoms with Gasteiger partial charge >= 0.3 is 5.97 Å². The Morgan fingerprint density at radius 1 is 1.45 bits per heavy atom. The van der Waals surface area contributed by atoms with Gasteiger partial charge in [-0.05, 0) is 19.8 Å². The zero-order valence-corrected chi connectivity index (χ0v) is 12.3. The smallest absolute Gasteiger partial charge is 0.310 e. The fourth-order valence-corrected chi connectivity index (χ4v) is 2.98. The van der Waals surface area contributed by atoms with E-state index in [-0.39, 0.29) is 18.1 Å². The first-order valence-electron chi connectivity index (χ1n) is 6.49. The van der Waals surface area contributed by atoms with Crippen LogP contribution in [0.3, 0.4) is 0 Å². The van der Waals surface area contributed by atoms with Gasteiger partial charge in [0.15, 0.2) is 15.7 Å². The average molecular weight is 302 g/mol. The molecule has 0 radical (unpaired) electrons. The maximum absolute atomic E-state index is 11.4. The van der Waals surface area contributed by atoms with Crippen molar-refractivity contribution in [2.24, 2.45) is 5.41 Å². The first kappa shape index (κ1) is 15.0. The number of carboxylic acid groups (broad SMARTS) is 1. The Bertz CT molecular complexity index is 601. The van der Waals surface area contributed by atoms with E-state index in [9.17, 15) is 18.3 Å². The molecule has 0 aliphatic heterocycles. The largest absolute Gasteiger partial charge is 0.481 e. The summed E-state index contributed by atoms with van der Waals surface area (Å²) >= 11 is 0. The summed E-state index contributed by atoms with van der Waals surface area (Å²) < 4.78 is 27.9. The van der Waals surface area contributed by atoms with Crippen molar-refractivity contribution < 1.29 is 22.8 Å². The molecule has 20 heavy (non-hydrogen) atoms. The average Bonchev–Trinajstić information content (AvgIpc) is 2.97. The van der Waals surface area contributed by atoms with Crippen LogP contribution in [0.25, 0.3) is 0 Å². The molecular weight excluding hydrogens is 284 g/mol. The second kappa shape index (κ2) is 5.16. The quantitative estimate of drug-likeness (QED) is 0.874. The van der Waals surface area contributed by atoms with E-state index in [2.05, 4.69) is 10.1 Å². The third kappa shape index (κ3) is 2.84. The summed E-state index contributed by atoms with van der Waals surface area (Å²) in [6, 6.07) is 0. The van der Waals surface area contributed by atoms with Gasteiger partial charge in [-0.1, -0.05) is 18.0 Å². The predicted octanol–water partition coefficient (Wildman–Crippen LogP) is 1.36.